The van der Waals surface area contributed by atoms with E-state index in [0.29, 0.717) is 6.61 Å². The lowest BCUT2D eigenvalue weighted by atomic mass is 10.0. The molecule has 4 rings (SSSR count). The monoisotopic (exact) mass is 625 g/mol. The zero-order valence-corrected chi connectivity index (χ0v) is 24.2. The van der Waals surface area contributed by atoms with Crippen molar-refractivity contribution in [2.45, 2.75) is 30.2 Å². The Labute approximate surface area is 238 Å². The van der Waals surface area contributed by atoms with Crippen LogP contribution in [0.15, 0.2) is 70.0 Å². The highest BCUT2D eigenvalue weighted by atomic mass is 79.9. The van der Waals surface area contributed by atoms with Crippen LogP contribution in [-0.4, -0.2) is 69.8 Å². The van der Waals surface area contributed by atoms with Crippen LogP contribution < -0.4 is 14.8 Å². The number of nitrogens with zero attached hydrogens (tertiary/aromatic N) is 1. The van der Waals surface area contributed by atoms with Gasteiger partial charge in [-0.05, 0) is 78.5 Å². The van der Waals surface area contributed by atoms with E-state index in [0.717, 1.165) is 72.1 Å². The number of hydrogen-bond acceptors (Lipinski definition) is 6. The number of ether oxygens (including phenoxy) is 1. The molecule has 38 heavy (non-hydrogen) atoms. The molecule has 1 aliphatic rings. The molecule has 1 aliphatic heterocycles. The van der Waals surface area contributed by atoms with E-state index in [4.69, 9.17) is 4.74 Å². The minimum absolute atomic E-state index is 0. The third-order valence-electron chi connectivity index (χ3n) is 6.38. The van der Waals surface area contributed by atoms with E-state index < -0.39 is 22.0 Å². The summed E-state index contributed by atoms with van der Waals surface area (Å²) in [6.45, 7) is 6.11. The second-order valence-electron chi connectivity index (χ2n) is 9.16. The molecule has 0 spiro atoms. The summed E-state index contributed by atoms with van der Waals surface area (Å²) in [4.78, 5) is 14.3. The summed E-state index contributed by atoms with van der Waals surface area (Å²) in [6.07, 6.45) is 2.12. The maximum absolute atomic E-state index is 12.7. The fourth-order valence-electron chi connectivity index (χ4n) is 4.34. The molecule has 0 aromatic heterocycles. The van der Waals surface area contributed by atoms with Crippen molar-refractivity contribution in [1.29, 1.82) is 0 Å². The predicted octanol–water partition coefficient (Wildman–Crippen LogP) is 4.06. The smallest absolute Gasteiger partial charge is 0.322 e. The van der Waals surface area contributed by atoms with Crippen molar-refractivity contribution in [2.24, 2.45) is 0 Å². The molecule has 0 saturated carbocycles. The van der Waals surface area contributed by atoms with Gasteiger partial charge in [0.1, 0.15) is 11.8 Å². The molecule has 1 atom stereocenters. The lowest BCUT2D eigenvalue weighted by Gasteiger charge is -2.26. The molecule has 0 amide bonds. The van der Waals surface area contributed by atoms with Gasteiger partial charge in [-0.3, -0.25) is 4.79 Å². The highest BCUT2D eigenvalue weighted by Gasteiger charge is 2.25. The summed E-state index contributed by atoms with van der Waals surface area (Å²) in [5.41, 5.74) is 0.722. The van der Waals surface area contributed by atoms with Gasteiger partial charge in [0.15, 0.2) is 0 Å². The number of unbranched alkanes of at least 4 members (excludes halogenated alkanes) is 1. The van der Waals surface area contributed by atoms with E-state index in [9.17, 15) is 18.3 Å². The van der Waals surface area contributed by atoms with E-state index in [2.05, 4.69) is 30.9 Å². The first-order valence-electron chi connectivity index (χ1n) is 12.4. The number of nitrogens with one attached hydrogen (secondary N) is 2. The fourth-order valence-corrected chi connectivity index (χ4v) is 5.79. The number of aliphatic carboxylic acids is 1. The second-order valence-corrected chi connectivity index (χ2v) is 11.8. The van der Waals surface area contributed by atoms with Crippen LogP contribution in [0.4, 0.5) is 0 Å². The van der Waals surface area contributed by atoms with Crippen molar-refractivity contribution >= 4 is 55.1 Å². The standard InChI is InChI=1S/C27H32BrN3O5S.ClH/c28-23-6-9-25(10-7-23)37(34,35)30-26(27(32)33)18-20-3-4-22-19-24(8-5-21(22)17-20)36-16-2-1-13-31-14-11-29-12-15-31;/h3-10,17,19,26,29-30H,1-2,11-16,18H2,(H,32,33);1H. The molecule has 11 heteroatoms. The summed E-state index contributed by atoms with van der Waals surface area (Å²) in [5.74, 6) is -0.436. The van der Waals surface area contributed by atoms with Crippen LogP contribution in [0.3, 0.4) is 0 Å². The molecule has 1 fully saturated rings. The molecule has 0 bridgehead atoms. The summed E-state index contributed by atoms with van der Waals surface area (Å²) < 4.78 is 34.4. The van der Waals surface area contributed by atoms with Gasteiger partial charge in [0, 0.05) is 30.7 Å². The SMILES string of the molecule is Cl.O=C(O)C(Cc1ccc2cc(OCCCCN3CCNCC3)ccc2c1)NS(=O)(=O)c1ccc(Br)cc1. The molecular weight excluding hydrogens is 594 g/mol. The molecule has 0 aliphatic carbocycles. The number of rotatable bonds is 12. The van der Waals surface area contributed by atoms with Crippen LogP contribution in [-0.2, 0) is 21.2 Å². The van der Waals surface area contributed by atoms with Crippen molar-refractivity contribution in [3.05, 3.63) is 70.7 Å². The van der Waals surface area contributed by atoms with Crippen LogP contribution >= 0.6 is 28.3 Å². The van der Waals surface area contributed by atoms with Gasteiger partial charge < -0.3 is 20.1 Å². The zero-order valence-electron chi connectivity index (χ0n) is 20.9. The van der Waals surface area contributed by atoms with Crippen LogP contribution in [0, 0.1) is 0 Å². The summed E-state index contributed by atoms with van der Waals surface area (Å²) in [7, 11) is -3.98. The molecule has 3 N–H and O–H groups in total. The van der Waals surface area contributed by atoms with Crippen molar-refractivity contribution in [1.82, 2.24) is 14.9 Å². The number of halogens is 2. The van der Waals surface area contributed by atoms with Gasteiger partial charge in [-0.25, -0.2) is 8.42 Å². The average Bonchev–Trinajstić information content (AvgIpc) is 2.89. The normalized spacial score (nSPS) is 15.1. The van der Waals surface area contributed by atoms with Crippen LogP contribution in [0.25, 0.3) is 10.8 Å². The minimum atomic E-state index is -3.98. The maximum Gasteiger partial charge on any atom is 0.322 e. The largest absolute Gasteiger partial charge is 0.494 e. The lowest BCUT2D eigenvalue weighted by Crippen LogP contribution is -2.43. The molecule has 206 valence electrons. The third-order valence-corrected chi connectivity index (χ3v) is 8.40. The van der Waals surface area contributed by atoms with Crippen molar-refractivity contribution in [3.63, 3.8) is 0 Å². The number of hydrogen-bond donors (Lipinski definition) is 3. The Morgan fingerprint density at radius 2 is 1.71 bits per heavy atom. The van der Waals surface area contributed by atoms with E-state index >= 15 is 0 Å². The Morgan fingerprint density at radius 3 is 2.42 bits per heavy atom. The zero-order chi connectivity index (χ0) is 26.3. The Balaban J connectivity index is 0.00000400. The van der Waals surface area contributed by atoms with Crippen LogP contribution in [0.2, 0.25) is 0 Å². The first-order valence-corrected chi connectivity index (χ1v) is 14.7. The van der Waals surface area contributed by atoms with Crippen LogP contribution in [0.1, 0.15) is 18.4 Å². The Morgan fingerprint density at radius 1 is 1.03 bits per heavy atom. The summed E-state index contributed by atoms with van der Waals surface area (Å²) in [6, 6.07) is 16.2. The quantitative estimate of drug-likeness (QED) is 0.260. The van der Waals surface area contributed by atoms with E-state index in [1.165, 1.54) is 12.1 Å². The number of benzene rings is 3. The van der Waals surface area contributed by atoms with Gasteiger partial charge in [0.2, 0.25) is 10.0 Å². The van der Waals surface area contributed by atoms with Gasteiger partial charge in [-0.1, -0.05) is 40.2 Å². The number of sulfonamides is 1. The van der Waals surface area contributed by atoms with Gasteiger partial charge in [0.25, 0.3) is 0 Å². The summed E-state index contributed by atoms with van der Waals surface area (Å²) in [5, 5.41) is 15.0. The number of carbonyl (C=O) groups is 1. The van der Waals surface area contributed by atoms with Gasteiger partial charge in [0.05, 0.1) is 11.5 Å². The maximum atomic E-state index is 12.7. The Bertz CT molecular complexity index is 1320. The van der Waals surface area contributed by atoms with E-state index in [1.54, 1.807) is 12.1 Å². The number of carboxylic acids is 1. The molecule has 3 aromatic carbocycles. The first-order chi connectivity index (χ1) is 17.8. The number of piperazine rings is 1. The molecule has 0 radical (unpaired) electrons. The summed E-state index contributed by atoms with van der Waals surface area (Å²) >= 11 is 3.27. The van der Waals surface area contributed by atoms with E-state index in [-0.39, 0.29) is 23.7 Å². The molecular formula is C27H33BrClN3O5S. The Hall–Kier alpha value is -2.21. The highest BCUT2D eigenvalue weighted by molar-refractivity contribution is 9.10. The van der Waals surface area contributed by atoms with Gasteiger partial charge in [-0.2, -0.15) is 4.72 Å². The fraction of sp³-hybridized carbons (Fsp3) is 0.370. The van der Waals surface area contributed by atoms with Crippen molar-refractivity contribution < 1.29 is 23.1 Å². The van der Waals surface area contributed by atoms with Gasteiger partial charge in [-0.15, -0.1) is 12.4 Å². The second kappa shape index (κ2) is 14.3. The molecule has 1 unspecified atom stereocenters. The van der Waals surface area contributed by atoms with E-state index in [1.807, 2.05) is 36.4 Å². The minimum Gasteiger partial charge on any atom is -0.494 e. The van der Waals surface area contributed by atoms with Crippen LogP contribution in [0.5, 0.6) is 5.75 Å². The predicted molar refractivity (Wildman–Crippen MR) is 155 cm³/mol. The van der Waals surface area contributed by atoms with Crippen molar-refractivity contribution in [3.8, 4) is 5.75 Å². The molecule has 3 aromatic rings. The Kier molecular flexibility index (Phi) is 11.4. The molecule has 8 nitrogen and oxygen atoms in total. The topological polar surface area (TPSA) is 108 Å². The number of carboxylic acid groups (broad SMARTS) is 1. The van der Waals surface area contributed by atoms with Gasteiger partial charge >= 0.3 is 5.97 Å². The molecule has 1 heterocycles. The molecule has 1 saturated heterocycles. The first kappa shape index (κ1) is 30.3. The average molecular weight is 627 g/mol. The third kappa shape index (κ3) is 8.65. The van der Waals surface area contributed by atoms with Crippen molar-refractivity contribution in [2.75, 3.05) is 39.3 Å². The number of fused-ring (bicyclic) bond motifs is 1. The lowest BCUT2D eigenvalue weighted by molar-refractivity contribution is -0.138. The highest BCUT2D eigenvalue weighted by Crippen LogP contribution is 2.23.